The van der Waals surface area contributed by atoms with Crippen molar-refractivity contribution in [2.24, 2.45) is 17.6 Å². The summed E-state index contributed by atoms with van der Waals surface area (Å²) in [5.41, 5.74) is 7.98. The Bertz CT molecular complexity index is 554. The van der Waals surface area contributed by atoms with Crippen molar-refractivity contribution in [1.29, 1.82) is 0 Å². The average Bonchev–Trinajstić information content (AvgIpc) is 3.06. The van der Waals surface area contributed by atoms with Crippen molar-refractivity contribution in [3.63, 3.8) is 0 Å². The number of nitrogens with one attached hydrogen (secondary N) is 1. The lowest BCUT2D eigenvalue weighted by Gasteiger charge is -2.32. The van der Waals surface area contributed by atoms with Crippen molar-refractivity contribution in [2.75, 3.05) is 45.1 Å². The molecule has 0 bridgehead atoms. The van der Waals surface area contributed by atoms with Gasteiger partial charge in [0.15, 0.2) is 0 Å². The molecule has 24 heavy (non-hydrogen) atoms. The lowest BCUT2D eigenvalue weighted by Crippen LogP contribution is -2.43. The number of nitrogens with two attached hydrogens (primary N) is 1. The first-order valence-corrected chi connectivity index (χ1v) is 9.16. The Morgan fingerprint density at radius 1 is 1.25 bits per heavy atom. The van der Waals surface area contributed by atoms with Gasteiger partial charge in [-0.25, -0.2) is 0 Å². The number of benzene rings is 1. The number of hydrogen-bond acceptors (Lipinski definition) is 4. The number of likely N-dealkylation sites (N-methyl/N-ethyl adjacent to an activating group) is 1. The number of piperazine rings is 1. The molecule has 2 atom stereocenters. The van der Waals surface area contributed by atoms with Crippen LogP contribution in [0.3, 0.4) is 0 Å². The maximum atomic E-state index is 12.5. The predicted octanol–water partition coefficient (Wildman–Crippen LogP) is 1.75. The molecule has 1 aromatic rings. The van der Waals surface area contributed by atoms with E-state index in [0.717, 1.165) is 57.7 Å². The highest BCUT2D eigenvalue weighted by Crippen LogP contribution is 2.31. The molecule has 2 fully saturated rings. The highest BCUT2D eigenvalue weighted by Gasteiger charge is 2.31. The van der Waals surface area contributed by atoms with E-state index in [4.69, 9.17) is 5.73 Å². The van der Waals surface area contributed by atoms with Crippen LogP contribution < -0.4 is 11.1 Å². The van der Waals surface area contributed by atoms with E-state index in [9.17, 15) is 4.79 Å². The number of hydrogen-bond donors (Lipinski definition) is 2. The lowest BCUT2D eigenvalue weighted by molar-refractivity contribution is -0.120. The zero-order chi connectivity index (χ0) is 16.9. The summed E-state index contributed by atoms with van der Waals surface area (Å²) < 4.78 is 0. The predicted molar refractivity (Wildman–Crippen MR) is 97.7 cm³/mol. The molecule has 1 amide bonds. The molecule has 3 rings (SSSR count). The van der Waals surface area contributed by atoms with Gasteiger partial charge in [-0.05, 0) is 50.0 Å². The fourth-order valence-electron chi connectivity index (χ4n) is 3.91. The minimum atomic E-state index is 0.0799. The van der Waals surface area contributed by atoms with Gasteiger partial charge in [-0.2, -0.15) is 0 Å². The molecular weight excluding hydrogens is 300 g/mol. The second-order valence-corrected chi connectivity index (χ2v) is 7.30. The second kappa shape index (κ2) is 8.10. The zero-order valence-corrected chi connectivity index (χ0v) is 14.7. The summed E-state index contributed by atoms with van der Waals surface area (Å²) in [6.07, 6.45) is 3.16. The van der Waals surface area contributed by atoms with Gasteiger partial charge in [0.2, 0.25) is 5.91 Å². The standard InChI is InChI=1S/C19H30N4O/c1-22-8-10-23(11-9-22)14-15-4-2-6-17(12-15)21-19(24)18-7-3-5-16(18)13-20/h2,4,6,12,16,18H,3,5,7-11,13-14,20H2,1H3,(H,21,24)/t16-,18-/m1/s1. The Labute approximate surface area is 145 Å². The van der Waals surface area contributed by atoms with E-state index in [1.54, 1.807) is 0 Å². The van der Waals surface area contributed by atoms with Crippen LogP contribution in [0.15, 0.2) is 24.3 Å². The van der Waals surface area contributed by atoms with Gasteiger partial charge in [-0.15, -0.1) is 0 Å². The van der Waals surface area contributed by atoms with Crippen LogP contribution in [-0.4, -0.2) is 55.5 Å². The zero-order valence-electron chi connectivity index (χ0n) is 14.7. The molecule has 0 unspecified atom stereocenters. The van der Waals surface area contributed by atoms with E-state index >= 15 is 0 Å². The summed E-state index contributed by atoms with van der Waals surface area (Å²) in [6, 6.07) is 8.28. The number of anilines is 1. The fourth-order valence-corrected chi connectivity index (χ4v) is 3.91. The fraction of sp³-hybridized carbons (Fsp3) is 0.632. The first-order chi connectivity index (χ1) is 11.7. The number of nitrogens with zero attached hydrogens (tertiary/aromatic N) is 2. The first kappa shape index (κ1) is 17.4. The van der Waals surface area contributed by atoms with Crippen LogP contribution in [0.1, 0.15) is 24.8 Å². The Hall–Kier alpha value is -1.43. The van der Waals surface area contributed by atoms with Crippen LogP contribution in [-0.2, 0) is 11.3 Å². The van der Waals surface area contributed by atoms with E-state index < -0.39 is 0 Å². The molecular formula is C19H30N4O. The monoisotopic (exact) mass is 330 g/mol. The summed E-state index contributed by atoms with van der Waals surface area (Å²) in [5, 5.41) is 3.11. The molecule has 1 saturated carbocycles. The normalized spacial score (nSPS) is 25.8. The molecule has 5 heteroatoms. The number of carbonyl (C=O) groups excluding carboxylic acids is 1. The lowest BCUT2D eigenvalue weighted by atomic mass is 9.95. The van der Waals surface area contributed by atoms with E-state index in [2.05, 4.69) is 34.3 Å². The molecule has 0 aromatic heterocycles. The van der Waals surface area contributed by atoms with Gasteiger partial charge in [0.05, 0.1) is 0 Å². The highest BCUT2D eigenvalue weighted by atomic mass is 16.1. The second-order valence-electron chi connectivity index (χ2n) is 7.30. The van der Waals surface area contributed by atoms with Gasteiger partial charge in [0, 0.05) is 44.3 Å². The molecule has 0 radical (unpaired) electrons. The Morgan fingerprint density at radius 3 is 2.79 bits per heavy atom. The van der Waals surface area contributed by atoms with Crippen molar-refractivity contribution in [2.45, 2.75) is 25.8 Å². The molecule has 132 valence electrons. The van der Waals surface area contributed by atoms with Crippen molar-refractivity contribution >= 4 is 11.6 Å². The Kier molecular flexibility index (Phi) is 5.87. The van der Waals surface area contributed by atoms with Crippen molar-refractivity contribution in [3.8, 4) is 0 Å². The smallest absolute Gasteiger partial charge is 0.227 e. The van der Waals surface area contributed by atoms with E-state index in [1.807, 2.05) is 12.1 Å². The third kappa shape index (κ3) is 4.35. The molecule has 1 saturated heterocycles. The molecule has 1 heterocycles. The summed E-state index contributed by atoms with van der Waals surface area (Å²) in [6.45, 7) is 6.02. The molecule has 1 aromatic carbocycles. The van der Waals surface area contributed by atoms with Crippen molar-refractivity contribution < 1.29 is 4.79 Å². The summed E-state index contributed by atoms with van der Waals surface area (Å²) >= 11 is 0. The third-order valence-corrected chi connectivity index (χ3v) is 5.50. The topological polar surface area (TPSA) is 61.6 Å². The van der Waals surface area contributed by atoms with Gasteiger partial charge < -0.3 is 16.0 Å². The minimum absolute atomic E-state index is 0.0799. The average molecular weight is 330 g/mol. The molecule has 3 N–H and O–H groups in total. The minimum Gasteiger partial charge on any atom is -0.330 e. The Morgan fingerprint density at radius 2 is 2.04 bits per heavy atom. The van der Waals surface area contributed by atoms with Gasteiger partial charge in [-0.1, -0.05) is 18.6 Å². The van der Waals surface area contributed by atoms with Gasteiger partial charge in [-0.3, -0.25) is 9.69 Å². The summed E-state index contributed by atoms with van der Waals surface area (Å²) in [5.74, 6) is 0.564. The molecule has 0 spiro atoms. The van der Waals surface area contributed by atoms with Crippen LogP contribution in [0.2, 0.25) is 0 Å². The first-order valence-electron chi connectivity index (χ1n) is 9.16. The van der Waals surface area contributed by atoms with Gasteiger partial charge >= 0.3 is 0 Å². The summed E-state index contributed by atoms with van der Waals surface area (Å²) in [4.78, 5) is 17.4. The molecule has 5 nitrogen and oxygen atoms in total. The van der Waals surface area contributed by atoms with Crippen LogP contribution in [0.25, 0.3) is 0 Å². The van der Waals surface area contributed by atoms with Gasteiger partial charge in [0.25, 0.3) is 0 Å². The quantitative estimate of drug-likeness (QED) is 0.863. The number of rotatable bonds is 5. The van der Waals surface area contributed by atoms with Crippen molar-refractivity contribution in [3.05, 3.63) is 29.8 Å². The number of amides is 1. The molecule has 1 aliphatic carbocycles. The highest BCUT2D eigenvalue weighted by molar-refractivity contribution is 5.93. The molecule has 1 aliphatic heterocycles. The van der Waals surface area contributed by atoms with Crippen molar-refractivity contribution in [1.82, 2.24) is 9.80 Å². The summed E-state index contributed by atoms with van der Waals surface area (Å²) in [7, 11) is 2.17. The van der Waals surface area contributed by atoms with Crippen LogP contribution in [0.4, 0.5) is 5.69 Å². The van der Waals surface area contributed by atoms with E-state index in [1.165, 1.54) is 5.56 Å². The molecule has 2 aliphatic rings. The maximum absolute atomic E-state index is 12.5. The van der Waals surface area contributed by atoms with Gasteiger partial charge in [0.1, 0.15) is 0 Å². The maximum Gasteiger partial charge on any atom is 0.227 e. The largest absolute Gasteiger partial charge is 0.330 e. The Balaban J connectivity index is 1.57. The third-order valence-electron chi connectivity index (χ3n) is 5.50. The number of carbonyl (C=O) groups is 1. The van der Waals surface area contributed by atoms with Crippen LogP contribution in [0.5, 0.6) is 0 Å². The van der Waals surface area contributed by atoms with E-state index in [0.29, 0.717) is 12.5 Å². The van der Waals surface area contributed by atoms with Crippen LogP contribution >= 0.6 is 0 Å². The SMILES string of the molecule is CN1CCN(Cc2cccc(NC(=O)[C@@H]3CCC[C@@H]3CN)c2)CC1. The van der Waals surface area contributed by atoms with Crippen LogP contribution in [0, 0.1) is 11.8 Å². The van der Waals surface area contributed by atoms with E-state index in [-0.39, 0.29) is 11.8 Å².